The second kappa shape index (κ2) is 8.13. The van der Waals surface area contributed by atoms with Crippen LogP contribution in [0.3, 0.4) is 0 Å². The van der Waals surface area contributed by atoms with E-state index in [9.17, 15) is 14.3 Å². The molecule has 2 atom stereocenters. The largest absolute Gasteiger partial charge is 0.462 e. The average molecular weight is 311 g/mol. The Labute approximate surface area is 131 Å². The van der Waals surface area contributed by atoms with Crippen LogP contribution in [0.5, 0.6) is 0 Å². The molecule has 2 unspecified atom stereocenters. The Balaban J connectivity index is 0.000000295. The maximum Gasteiger partial charge on any atom is 0.293 e. The number of piperidine rings is 1. The van der Waals surface area contributed by atoms with Crippen molar-refractivity contribution >= 4 is 12.2 Å². The normalized spacial score (nSPS) is 21.6. The maximum absolute atomic E-state index is 12.8. The van der Waals surface area contributed by atoms with Gasteiger partial charge in [0.1, 0.15) is 11.4 Å². The number of ether oxygens (including phenoxy) is 1. The lowest BCUT2D eigenvalue weighted by molar-refractivity contribution is -0.138. The first-order valence-corrected chi connectivity index (χ1v) is 7.54. The van der Waals surface area contributed by atoms with Crippen LogP contribution in [-0.4, -0.2) is 35.9 Å². The Kier molecular flexibility index (Phi) is 6.81. The summed E-state index contributed by atoms with van der Waals surface area (Å²) >= 11 is 0. The highest BCUT2D eigenvalue weighted by molar-refractivity contribution is 5.47. The molecule has 0 saturated carbocycles. The van der Waals surface area contributed by atoms with Gasteiger partial charge in [-0.3, -0.25) is 4.79 Å². The highest BCUT2D eigenvalue weighted by atomic mass is 19.1. The highest BCUT2D eigenvalue weighted by Crippen LogP contribution is 2.24. The summed E-state index contributed by atoms with van der Waals surface area (Å²) in [5.41, 5.74) is 0.720. The van der Waals surface area contributed by atoms with Crippen LogP contribution >= 0.6 is 0 Å². The number of aliphatic hydroxyl groups excluding tert-OH is 1. The highest BCUT2D eigenvalue weighted by Gasteiger charge is 2.23. The number of carbonyl (C=O) groups is 1. The average Bonchev–Trinajstić information content (AvgIpc) is 2.39. The van der Waals surface area contributed by atoms with Gasteiger partial charge in [0.05, 0.1) is 6.10 Å². The summed E-state index contributed by atoms with van der Waals surface area (Å²) in [6.07, 6.45) is 1.40. The van der Waals surface area contributed by atoms with Gasteiger partial charge in [0.25, 0.3) is 6.47 Å². The Hall–Kier alpha value is -1.62. The molecular formula is C17H26FNO3. The third-order valence-corrected chi connectivity index (χ3v) is 3.41. The van der Waals surface area contributed by atoms with Gasteiger partial charge in [0, 0.05) is 18.3 Å². The van der Waals surface area contributed by atoms with Crippen molar-refractivity contribution in [3.8, 4) is 0 Å². The summed E-state index contributed by atoms with van der Waals surface area (Å²) in [7, 11) is 0. The standard InChI is InChI=1S/C12H16FNO.C5H10O2/c1-9-8-12(15)6-7-14(9)11-4-2-10(13)3-5-11;1-5(2,3)7-4-6/h2-5,9,12,15H,6-8H2,1H3;4H,1-3H3. The van der Waals surface area contributed by atoms with E-state index in [1.165, 1.54) is 12.1 Å². The van der Waals surface area contributed by atoms with Crippen LogP contribution in [-0.2, 0) is 9.53 Å². The molecule has 1 aliphatic heterocycles. The molecule has 0 amide bonds. The number of hydrogen-bond donors (Lipinski definition) is 1. The first kappa shape index (κ1) is 18.4. The van der Waals surface area contributed by atoms with Crippen molar-refractivity contribution < 1.29 is 19.0 Å². The molecule has 1 heterocycles. The summed E-state index contributed by atoms with van der Waals surface area (Å²) in [6.45, 7) is 8.85. The molecule has 1 N–H and O–H groups in total. The van der Waals surface area contributed by atoms with E-state index in [-0.39, 0.29) is 17.5 Å². The molecule has 5 heteroatoms. The number of rotatable bonds is 2. The minimum Gasteiger partial charge on any atom is -0.462 e. The van der Waals surface area contributed by atoms with E-state index in [0.717, 1.165) is 25.1 Å². The molecule has 124 valence electrons. The van der Waals surface area contributed by atoms with Gasteiger partial charge < -0.3 is 14.7 Å². The second-order valence-corrected chi connectivity index (χ2v) is 6.52. The van der Waals surface area contributed by atoms with Crippen molar-refractivity contribution in [1.82, 2.24) is 0 Å². The van der Waals surface area contributed by atoms with E-state index in [2.05, 4.69) is 16.6 Å². The smallest absolute Gasteiger partial charge is 0.293 e. The summed E-state index contributed by atoms with van der Waals surface area (Å²) in [6, 6.07) is 6.87. The van der Waals surface area contributed by atoms with E-state index >= 15 is 0 Å². The van der Waals surface area contributed by atoms with Gasteiger partial charge in [-0.15, -0.1) is 0 Å². The topological polar surface area (TPSA) is 49.8 Å². The zero-order valence-corrected chi connectivity index (χ0v) is 13.8. The van der Waals surface area contributed by atoms with Crippen molar-refractivity contribution in [2.45, 2.75) is 58.3 Å². The van der Waals surface area contributed by atoms with Crippen molar-refractivity contribution in [3.63, 3.8) is 0 Å². The third-order valence-electron chi connectivity index (χ3n) is 3.41. The molecular weight excluding hydrogens is 285 g/mol. The lowest BCUT2D eigenvalue weighted by Gasteiger charge is -2.37. The number of halogens is 1. The van der Waals surface area contributed by atoms with Crippen molar-refractivity contribution in [3.05, 3.63) is 30.1 Å². The van der Waals surface area contributed by atoms with Crippen LogP contribution in [0.2, 0.25) is 0 Å². The maximum atomic E-state index is 12.8. The fourth-order valence-corrected chi connectivity index (χ4v) is 2.31. The van der Waals surface area contributed by atoms with Gasteiger partial charge in [-0.1, -0.05) is 0 Å². The van der Waals surface area contributed by atoms with Crippen molar-refractivity contribution in [2.75, 3.05) is 11.4 Å². The van der Waals surface area contributed by atoms with Gasteiger partial charge in [-0.2, -0.15) is 0 Å². The molecule has 0 radical (unpaired) electrons. The number of carbonyl (C=O) groups excluding carboxylic acids is 1. The first-order valence-electron chi connectivity index (χ1n) is 7.54. The number of benzene rings is 1. The van der Waals surface area contributed by atoms with E-state index in [1.54, 1.807) is 12.1 Å². The number of anilines is 1. The van der Waals surface area contributed by atoms with Crippen LogP contribution in [0.1, 0.15) is 40.5 Å². The zero-order chi connectivity index (χ0) is 16.8. The summed E-state index contributed by atoms with van der Waals surface area (Å²) in [5, 5.41) is 9.50. The van der Waals surface area contributed by atoms with E-state index < -0.39 is 0 Å². The van der Waals surface area contributed by atoms with Crippen LogP contribution in [0.25, 0.3) is 0 Å². The molecule has 1 aliphatic rings. The van der Waals surface area contributed by atoms with Gasteiger partial charge in [0.2, 0.25) is 0 Å². The van der Waals surface area contributed by atoms with Gasteiger partial charge in [-0.05, 0) is 64.8 Å². The van der Waals surface area contributed by atoms with Crippen molar-refractivity contribution in [1.29, 1.82) is 0 Å². The molecule has 0 bridgehead atoms. The molecule has 1 aromatic rings. The van der Waals surface area contributed by atoms with Gasteiger partial charge in [0.15, 0.2) is 0 Å². The molecule has 4 nitrogen and oxygen atoms in total. The van der Waals surface area contributed by atoms with E-state index in [1.807, 2.05) is 20.8 Å². The van der Waals surface area contributed by atoms with Crippen LogP contribution in [0.4, 0.5) is 10.1 Å². The summed E-state index contributed by atoms with van der Waals surface area (Å²) in [4.78, 5) is 11.8. The minimum atomic E-state index is -0.318. The molecule has 1 saturated heterocycles. The molecule has 0 spiro atoms. The van der Waals surface area contributed by atoms with Gasteiger partial charge in [-0.25, -0.2) is 4.39 Å². The SMILES string of the molecule is CC(C)(C)OC=O.CC1CC(O)CCN1c1ccc(F)cc1. The molecule has 1 aromatic carbocycles. The predicted molar refractivity (Wildman–Crippen MR) is 85.4 cm³/mol. The Morgan fingerprint density at radius 3 is 2.32 bits per heavy atom. The Morgan fingerprint density at radius 2 is 1.91 bits per heavy atom. The van der Waals surface area contributed by atoms with E-state index in [0.29, 0.717) is 12.5 Å². The van der Waals surface area contributed by atoms with E-state index in [4.69, 9.17) is 0 Å². The predicted octanol–water partition coefficient (Wildman–Crippen LogP) is 3.13. The third kappa shape index (κ3) is 6.43. The number of nitrogens with zero attached hydrogens (tertiary/aromatic N) is 1. The number of hydrogen-bond acceptors (Lipinski definition) is 4. The molecule has 0 aliphatic carbocycles. The van der Waals surface area contributed by atoms with Gasteiger partial charge >= 0.3 is 0 Å². The number of aliphatic hydroxyl groups is 1. The quantitative estimate of drug-likeness (QED) is 0.853. The minimum absolute atomic E-state index is 0.184. The fourth-order valence-electron chi connectivity index (χ4n) is 2.31. The Morgan fingerprint density at radius 1 is 1.32 bits per heavy atom. The fraction of sp³-hybridized carbons (Fsp3) is 0.588. The molecule has 1 fully saturated rings. The molecule has 2 rings (SSSR count). The van der Waals surface area contributed by atoms with Crippen LogP contribution < -0.4 is 4.90 Å². The van der Waals surface area contributed by atoms with Crippen molar-refractivity contribution in [2.24, 2.45) is 0 Å². The first-order chi connectivity index (χ1) is 10.2. The zero-order valence-electron chi connectivity index (χ0n) is 13.8. The lowest BCUT2D eigenvalue weighted by atomic mass is 10.00. The summed E-state index contributed by atoms with van der Waals surface area (Å²) < 4.78 is 17.3. The Bertz CT molecular complexity index is 456. The molecule has 22 heavy (non-hydrogen) atoms. The van der Waals surface area contributed by atoms with Crippen LogP contribution in [0, 0.1) is 5.82 Å². The molecule has 0 aromatic heterocycles. The second-order valence-electron chi connectivity index (χ2n) is 6.52. The monoisotopic (exact) mass is 311 g/mol. The summed E-state index contributed by atoms with van der Waals surface area (Å²) in [5.74, 6) is -0.205. The lowest BCUT2D eigenvalue weighted by Crippen LogP contribution is -2.42. The van der Waals surface area contributed by atoms with Crippen LogP contribution in [0.15, 0.2) is 24.3 Å².